The van der Waals surface area contributed by atoms with Crippen LogP contribution in [0.3, 0.4) is 0 Å². The average Bonchev–Trinajstić information content (AvgIpc) is 2.71. The largest absolute Gasteiger partial charge is 0.481 e. The van der Waals surface area contributed by atoms with E-state index < -0.39 is 5.97 Å². The predicted octanol–water partition coefficient (Wildman–Crippen LogP) is 1.14. The van der Waals surface area contributed by atoms with Crippen molar-refractivity contribution in [2.75, 3.05) is 6.61 Å². The molecule has 1 heterocycles. The van der Waals surface area contributed by atoms with Gasteiger partial charge in [0.25, 0.3) is 0 Å². The molecule has 4 nitrogen and oxygen atoms in total. The van der Waals surface area contributed by atoms with E-state index in [0.717, 1.165) is 0 Å². The van der Waals surface area contributed by atoms with Gasteiger partial charge in [0.05, 0.1) is 16.2 Å². The summed E-state index contributed by atoms with van der Waals surface area (Å²) in [5.74, 6) is 3.99. The molecule has 0 unspecified atom stereocenters. The van der Waals surface area contributed by atoms with Crippen LogP contribution in [-0.4, -0.2) is 28.6 Å². The average molecular weight is 238 g/mol. The Bertz CT molecular complexity index is 450. The molecule has 0 saturated heterocycles. The van der Waals surface area contributed by atoms with Gasteiger partial charge >= 0.3 is 5.97 Å². The summed E-state index contributed by atoms with van der Waals surface area (Å²) >= 11 is 1.21. The van der Waals surface area contributed by atoms with Gasteiger partial charge in [0, 0.05) is 6.42 Å². The number of Topliss-reactive ketones (excluding diaryl/α,β-unsaturated/α-hetero) is 1. The molecule has 5 heteroatoms. The number of aliphatic hydroxyl groups is 1. The number of ketones is 1. The summed E-state index contributed by atoms with van der Waals surface area (Å²) in [6, 6.07) is 3.30. The number of carboxylic acids is 1. The first kappa shape index (κ1) is 12.4. The van der Waals surface area contributed by atoms with Gasteiger partial charge in [-0.1, -0.05) is 11.8 Å². The SMILES string of the molecule is O=C(O)CCC(=O)c1ccc(C#CCO)s1. The predicted molar refractivity (Wildman–Crippen MR) is 59.5 cm³/mol. The second kappa shape index (κ2) is 6.05. The number of aliphatic hydroxyl groups excluding tert-OH is 1. The molecular weight excluding hydrogens is 228 g/mol. The first-order valence-electron chi connectivity index (χ1n) is 4.58. The van der Waals surface area contributed by atoms with Gasteiger partial charge in [-0.2, -0.15) is 0 Å². The normalized spacial score (nSPS) is 9.31. The highest BCUT2D eigenvalue weighted by Crippen LogP contribution is 2.17. The maximum absolute atomic E-state index is 11.5. The molecule has 0 spiro atoms. The van der Waals surface area contributed by atoms with E-state index in [4.69, 9.17) is 10.2 Å². The van der Waals surface area contributed by atoms with Crippen LogP contribution in [0.5, 0.6) is 0 Å². The van der Waals surface area contributed by atoms with Crippen molar-refractivity contribution < 1.29 is 19.8 Å². The topological polar surface area (TPSA) is 74.6 Å². The number of thiophene rings is 1. The fourth-order valence-corrected chi connectivity index (χ4v) is 1.87. The number of aliphatic carboxylic acids is 1. The second-order valence-electron chi connectivity index (χ2n) is 2.94. The molecule has 16 heavy (non-hydrogen) atoms. The third-order valence-corrected chi connectivity index (χ3v) is 2.78. The molecule has 0 saturated carbocycles. The quantitative estimate of drug-likeness (QED) is 0.609. The highest BCUT2D eigenvalue weighted by molar-refractivity contribution is 7.14. The summed E-state index contributed by atoms with van der Waals surface area (Å²) in [6.07, 6.45) is -0.156. The van der Waals surface area contributed by atoms with Crippen LogP contribution in [0, 0.1) is 11.8 Å². The van der Waals surface area contributed by atoms with Crippen molar-refractivity contribution in [2.24, 2.45) is 0 Å². The van der Waals surface area contributed by atoms with Crippen molar-refractivity contribution in [1.82, 2.24) is 0 Å². The minimum Gasteiger partial charge on any atom is -0.481 e. The Balaban J connectivity index is 2.63. The molecule has 0 aromatic carbocycles. The smallest absolute Gasteiger partial charge is 0.303 e. The Kier molecular flexibility index (Phi) is 4.70. The molecule has 0 amide bonds. The van der Waals surface area contributed by atoms with Gasteiger partial charge in [-0.3, -0.25) is 9.59 Å². The molecule has 0 bridgehead atoms. The van der Waals surface area contributed by atoms with Crippen LogP contribution in [-0.2, 0) is 4.79 Å². The summed E-state index contributed by atoms with van der Waals surface area (Å²) in [4.78, 5) is 23.0. The minimum atomic E-state index is -0.981. The van der Waals surface area contributed by atoms with E-state index in [2.05, 4.69) is 11.8 Å². The van der Waals surface area contributed by atoms with Crippen LogP contribution in [0.2, 0.25) is 0 Å². The van der Waals surface area contributed by atoms with Gasteiger partial charge in [-0.05, 0) is 12.1 Å². The van der Waals surface area contributed by atoms with Crippen molar-refractivity contribution in [1.29, 1.82) is 0 Å². The Morgan fingerprint density at radius 1 is 1.31 bits per heavy atom. The lowest BCUT2D eigenvalue weighted by atomic mass is 10.2. The van der Waals surface area contributed by atoms with E-state index in [1.165, 1.54) is 11.3 Å². The summed E-state index contributed by atoms with van der Waals surface area (Å²) in [6.45, 7) is -0.222. The van der Waals surface area contributed by atoms with Gasteiger partial charge in [-0.25, -0.2) is 0 Å². The maximum Gasteiger partial charge on any atom is 0.303 e. The summed E-state index contributed by atoms with van der Waals surface area (Å²) in [5, 5.41) is 16.9. The van der Waals surface area contributed by atoms with E-state index in [0.29, 0.717) is 9.75 Å². The number of hydrogen-bond acceptors (Lipinski definition) is 4. The zero-order valence-electron chi connectivity index (χ0n) is 8.40. The third kappa shape index (κ3) is 3.85. The van der Waals surface area contributed by atoms with E-state index in [-0.39, 0.29) is 25.2 Å². The van der Waals surface area contributed by atoms with Crippen molar-refractivity contribution in [3.63, 3.8) is 0 Å². The number of rotatable bonds is 4. The fourth-order valence-electron chi connectivity index (χ4n) is 1.03. The highest BCUT2D eigenvalue weighted by Gasteiger charge is 2.10. The Labute approximate surface area is 96.5 Å². The number of carboxylic acid groups (broad SMARTS) is 1. The molecular formula is C11H10O4S. The molecule has 0 fully saturated rings. The molecule has 2 N–H and O–H groups in total. The van der Waals surface area contributed by atoms with E-state index in [1.807, 2.05) is 0 Å². The van der Waals surface area contributed by atoms with Gasteiger partial charge in [0.2, 0.25) is 0 Å². The highest BCUT2D eigenvalue weighted by atomic mass is 32.1. The lowest BCUT2D eigenvalue weighted by Crippen LogP contribution is -2.01. The van der Waals surface area contributed by atoms with E-state index in [9.17, 15) is 9.59 Å². The van der Waals surface area contributed by atoms with Crippen LogP contribution >= 0.6 is 11.3 Å². The molecule has 1 aromatic heterocycles. The summed E-state index contributed by atoms with van der Waals surface area (Å²) in [7, 11) is 0. The number of carbonyl (C=O) groups is 2. The molecule has 84 valence electrons. The van der Waals surface area contributed by atoms with Crippen molar-refractivity contribution in [3.8, 4) is 11.8 Å². The monoisotopic (exact) mass is 238 g/mol. The van der Waals surface area contributed by atoms with Gasteiger partial charge in [0.15, 0.2) is 5.78 Å². The standard InChI is InChI=1S/C11H10O4S/c12-7-1-2-8-3-5-10(16-8)9(13)4-6-11(14)15/h3,5,12H,4,6-7H2,(H,14,15). The molecule has 0 radical (unpaired) electrons. The summed E-state index contributed by atoms with van der Waals surface area (Å²) in [5.41, 5.74) is 0. The third-order valence-electron chi connectivity index (χ3n) is 1.74. The van der Waals surface area contributed by atoms with Crippen LogP contribution in [0.25, 0.3) is 0 Å². The second-order valence-corrected chi connectivity index (χ2v) is 4.02. The molecule has 0 atom stereocenters. The first-order chi connectivity index (χ1) is 7.63. The maximum atomic E-state index is 11.5. The minimum absolute atomic E-state index is 0.00269. The van der Waals surface area contributed by atoms with E-state index >= 15 is 0 Å². The van der Waals surface area contributed by atoms with Crippen LogP contribution in [0.1, 0.15) is 27.4 Å². The first-order valence-corrected chi connectivity index (χ1v) is 5.39. The van der Waals surface area contributed by atoms with Crippen molar-refractivity contribution >= 4 is 23.1 Å². The van der Waals surface area contributed by atoms with Crippen LogP contribution in [0.15, 0.2) is 12.1 Å². The van der Waals surface area contributed by atoms with Crippen molar-refractivity contribution in [2.45, 2.75) is 12.8 Å². The molecule has 0 aliphatic heterocycles. The lowest BCUT2D eigenvalue weighted by Gasteiger charge is -1.93. The molecule has 1 aromatic rings. The Hall–Kier alpha value is -1.64. The van der Waals surface area contributed by atoms with E-state index in [1.54, 1.807) is 12.1 Å². The lowest BCUT2D eigenvalue weighted by molar-refractivity contribution is -0.136. The number of hydrogen-bond donors (Lipinski definition) is 2. The van der Waals surface area contributed by atoms with Crippen LogP contribution < -0.4 is 0 Å². The van der Waals surface area contributed by atoms with Crippen LogP contribution in [0.4, 0.5) is 0 Å². The molecule has 0 aliphatic carbocycles. The zero-order chi connectivity index (χ0) is 12.0. The van der Waals surface area contributed by atoms with Gasteiger partial charge in [-0.15, -0.1) is 11.3 Å². The van der Waals surface area contributed by atoms with Crippen molar-refractivity contribution in [3.05, 3.63) is 21.9 Å². The zero-order valence-corrected chi connectivity index (χ0v) is 9.21. The molecule has 1 rings (SSSR count). The summed E-state index contributed by atoms with van der Waals surface area (Å²) < 4.78 is 0. The molecule has 0 aliphatic rings. The fraction of sp³-hybridized carbons (Fsp3) is 0.273. The number of carbonyl (C=O) groups excluding carboxylic acids is 1. The Morgan fingerprint density at radius 3 is 2.69 bits per heavy atom. The van der Waals surface area contributed by atoms with Gasteiger partial charge < -0.3 is 10.2 Å². The Morgan fingerprint density at radius 2 is 2.06 bits per heavy atom. The van der Waals surface area contributed by atoms with Gasteiger partial charge in [0.1, 0.15) is 6.61 Å².